The molecule has 0 bridgehead atoms. The SMILES string of the molecule is COc1ccc(Cl)cc1N=C1C(=O)Nc2c(C)ccc(Cl)c21. The predicted octanol–water partition coefficient (Wildman–Crippen LogP) is 4.38. The number of aliphatic imine (C=N–C) groups is 1. The molecule has 2 aromatic carbocycles. The number of carbonyl (C=O) groups is 1. The van der Waals surface area contributed by atoms with Crippen LogP contribution in [0.1, 0.15) is 11.1 Å². The van der Waals surface area contributed by atoms with Crippen LogP contribution in [0, 0.1) is 6.92 Å². The zero-order valence-corrected chi connectivity index (χ0v) is 13.4. The Kier molecular flexibility index (Phi) is 3.81. The molecule has 1 aliphatic heterocycles. The van der Waals surface area contributed by atoms with Crippen molar-refractivity contribution in [1.29, 1.82) is 0 Å². The van der Waals surface area contributed by atoms with E-state index in [0.717, 1.165) is 5.56 Å². The fraction of sp³-hybridized carbons (Fsp3) is 0.125. The van der Waals surface area contributed by atoms with E-state index in [-0.39, 0.29) is 11.6 Å². The third kappa shape index (κ3) is 2.45. The molecule has 2 aromatic rings. The summed E-state index contributed by atoms with van der Waals surface area (Å²) in [6.07, 6.45) is 0. The number of nitrogens with one attached hydrogen (secondary N) is 1. The monoisotopic (exact) mass is 334 g/mol. The summed E-state index contributed by atoms with van der Waals surface area (Å²) in [5.41, 5.74) is 2.96. The molecule has 1 heterocycles. The van der Waals surface area contributed by atoms with Crippen molar-refractivity contribution in [1.82, 2.24) is 0 Å². The minimum atomic E-state index is -0.298. The van der Waals surface area contributed by atoms with Crippen LogP contribution in [-0.2, 0) is 4.79 Å². The van der Waals surface area contributed by atoms with E-state index < -0.39 is 0 Å². The first-order chi connectivity index (χ1) is 10.5. The highest BCUT2D eigenvalue weighted by Gasteiger charge is 2.30. The van der Waals surface area contributed by atoms with Crippen molar-refractivity contribution in [2.45, 2.75) is 6.92 Å². The van der Waals surface area contributed by atoms with Crippen LogP contribution in [0.15, 0.2) is 35.3 Å². The molecule has 22 heavy (non-hydrogen) atoms. The average molecular weight is 335 g/mol. The van der Waals surface area contributed by atoms with Gasteiger partial charge in [0.1, 0.15) is 17.1 Å². The number of anilines is 1. The second kappa shape index (κ2) is 5.63. The van der Waals surface area contributed by atoms with Crippen molar-refractivity contribution in [2.75, 3.05) is 12.4 Å². The minimum Gasteiger partial charge on any atom is -0.494 e. The molecular formula is C16H12Cl2N2O2. The van der Waals surface area contributed by atoms with Crippen LogP contribution >= 0.6 is 23.2 Å². The Morgan fingerprint density at radius 3 is 2.68 bits per heavy atom. The van der Waals surface area contributed by atoms with Gasteiger partial charge in [0.2, 0.25) is 0 Å². The second-order valence-electron chi connectivity index (χ2n) is 4.84. The summed E-state index contributed by atoms with van der Waals surface area (Å²) in [5.74, 6) is 0.232. The summed E-state index contributed by atoms with van der Waals surface area (Å²) >= 11 is 12.2. The number of aryl methyl sites for hydroxylation is 1. The van der Waals surface area contributed by atoms with Gasteiger partial charge in [-0.3, -0.25) is 4.79 Å². The fourth-order valence-corrected chi connectivity index (χ4v) is 2.75. The summed E-state index contributed by atoms with van der Waals surface area (Å²) in [4.78, 5) is 16.7. The van der Waals surface area contributed by atoms with Crippen LogP contribution in [0.3, 0.4) is 0 Å². The highest BCUT2D eigenvalue weighted by Crippen LogP contribution is 2.36. The van der Waals surface area contributed by atoms with Gasteiger partial charge in [-0.15, -0.1) is 0 Å². The number of hydrogen-bond donors (Lipinski definition) is 1. The van der Waals surface area contributed by atoms with Gasteiger partial charge in [-0.2, -0.15) is 0 Å². The number of fused-ring (bicyclic) bond motifs is 1. The number of carbonyl (C=O) groups excluding carboxylic acids is 1. The van der Waals surface area contributed by atoms with E-state index >= 15 is 0 Å². The number of methoxy groups -OCH3 is 1. The van der Waals surface area contributed by atoms with Crippen molar-refractivity contribution in [2.24, 2.45) is 4.99 Å². The summed E-state index contributed by atoms with van der Waals surface area (Å²) in [7, 11) is 1.53. The summed E-state index contributed by atoms with van der Waals surface area (Å²) in [5, 5.41) is 3.78. The molecule has 0 fully saturated rings. The van der Waals surface area contributed by atoms with Gasteiger partial charge in [-0.25, -0.2) is 4.99 Å². The van der Waals surface area contributed by atoms with Gasteiger partial charge in [0.15, 0.2) is 0 Å². The van der Waals surface area contributed by atoms with Gasteiger partial charge >= 0.3 is 0 Å². The first kappa shape index (κ1) is 14.9. The molecule has 0 unspecified atom stereocenters. The third-order valence-electron chi connectivity index (χ3n) is 3.43. The van der Waals surface area contributed by atoms with Crippen LogP contribution in [0.2, 0.25) is 10.0 Å². The van der Waals surface area contributed by atoms with Crippen LogP contribution < -0.4 is 10.1 Å². The van der Waals surface area contributed by atoms with Crippen molar-refractivity contribution in [3.05, 3.63) is 51.5 Å². The average Bonchev–Trinajstić information content (AvgIpc) is 2.82. The molecule has 0 saturated heterocycles. The molecule has 3 rings (SSSR count). The van der Waals surface area contributed by atoms with Gasteiger partial charge in [0.05, 0.1) is 17.8 Å². The van der Waals surface area contributed by atoms with E-state index in [4.69, 9.17) is 27.9 Å². The predicted molar refractivity (Wildman–Crippen MR) is 89.0 cm³/mol. The largest absolute Gasteiger partial charge is 0.494 e. The zero-order valence-electron chi connectivity index (χ0n) is 11.9. The first-order valence-electron chi connectivity index (χ1n) is 6.54. The Morgan fingerprint density at radius 2 is 1.95 bits per heavy atom. The third-order valence-corrected chi connectivity index (χ3v) is 3.98. The lowest BCUT2D eigenvalue weighted by atomic mass is 10.1. The van der Waals surface area contributed by atoms with Crippen molar-refractivity contribution >= 4 is 46.2 Å². The molecule has 0 aromatic heterocycles. The molecule has 6 heteroatoms. The molecule has 0 radical (unpaired) electrons. The van der Waals surface area contributed by atoms with Crippen LogP contribution in [0.5, 0.6) is 5.75 Å². The molecule has 1 N–H and O–H groups in total. The lowest BCUT2D eigenvalue weighted by Gasteiger charge is -2.06. The second-order valence-corrected chi connectivity index (χ2v) is 5.69. The van der Waals surface area contributed by atoms with Crippen molar-refractivity contribution in [3.63, 3.8) is 0 Å². The van der Waals surface area contributed by atoms with E-state index in [1.54, 1.807) is 24.3 Å². The molecular weight excluding hydrogens is 323 g/mol. The van der Waals surface area contributed by atoms with Crippen LogP contribution in [-0.4, -0.2) is 18.7 Å². The minimum absolute atomic E-state index is 0.254. The number of amides is 1. The Labute approximate surface area is 137 Å². The van der Waals surface area contributed by atoms with Gasteiger partial charge in [0.25, 0.3) is 5.91 Å². The van der Waals surface area contributed by atoms with E-state index in [1.165, 1.54) is 7.11 Å². The Balaban J connectivity index is 2.21. The quantitative estimate of drug-likeness (QED) is 0.885. The first-order valence-corrected chi connectivity index (χ1v) is 7.30. The van der Waals surface area contributed by atoms with Crippen molar-refractivity contribution < 1.29 is 9.53 Å². The smallest absolute Gasteiger partial charge is 0.275 e. The number of benzene rings is 2. The Morgan fingerprint density at radius 1 is 1.18 bits per heavy atom. The molecule has 0 atom stereocenters. The van der Waals surface area contributed by atoms with Gasteiger partial charge < -0.3 is 10.1 Å². The standard InChI is InChI=1S/C16H12Cl2N2O2/c1-8-3-5-10(18)13-14(8)20-16(21)15(13)19-11-7-9(17)4-6-12(11)22-2/h3-7H,1-2H3,(H,19,20,21). The molecule has 1 aliphatic rings. The number of halogens is 2. The molecule has 112 valence electrons. The molecule has 0 spiro atoms. The fourth-order valence-electron chi connectivity index (χ4n) is 2.34. The number of hydrogen-bond acceptors (Lipinski definition) is 3. The maximum Gasteiger partial charge on any atom is 0.275 e. The highest BCUT2D eigenvalue weighted by molar-refractivity contribution is 6.57. The van der Waals surface area contributed by atoms with E-state index in [0.29, 0.717) is 32.7 Å². The van der Waals surface area contributed by atoms with Gasteiger partial charge in [-0.1, -0.05) is 29.3 Å². The van der Waals surface area contributed by atoms with Crippen molar-refractivity contribution in [3.8, 4) is 5.75 Å². The maximum atomic E-state index is 12.3. The molecule has 4 nitrogen and oxygen atoms in total. The van der Waals surface area contributed by atoms with Crippen LogP contribution in [0.4, 0.5) is 11.4 Å². The summed E-state index contributed by atoms with van der Waals surface area (Å²) < 4.78 is 5.26. The molecule has 0 aliphatic carbocycles. The Bertz CT molecular complexity index is 816. The number of ether oxygens (including phenoxy) is 1. The lowest BCUT2D eigenvalue weighted by Crippen LogP contribution is -2.14. The normalized spacial score (nSPS) is 14.9. The lowest BCUT2D eigenvalue weighted by molar-refractivity contribution is -0.110. The van der Waals surface area contributed by atoms with Gasteiger partial charge in [0, 0.05) is 10.6 Å². The van der Waals surface area contributed by atoms with E-state index in [1.807, 2.05) is 13.0 Å². The van der Waals surface area contributed by atoms with E-state index in [9.17, 15) is 4.79 Å². The number of rotatable bonds is 2. The molecule has 1 amide bonds. The summed E-state index contributed by atoms with van der Waals surface area (Å²) in [6, 6.07) is 8.64. The molecule has 0 saturated carbocycles. The highest BCUT2D eigenvalue weighted by atomic mass is 35.5. The Hall–Kier alpha value is -2.04. The van der Waals surface area contributed by atoms with Crippen LogP contribution in [0.25, 0.3) is 0 Å². The zero-order chi connectivity index (χ0) is 15.9. The topological polar surface area (TPSA) is 50.7 Å². The van der Waals surface area contributed by atoms with E-state index in [2.05, 4.69) is 10.3 Å². The number of nitrogens with zero attached hydrogens (tertiary/aromatic N) is 1. The summed E-state index contributed by atoms with van der Waals surface area (Å²) in [6.45, 7) is 1.90. The maximum absolute atomic E-state index is 12.3. The van der Waals surface area contributed by atoms with Gasteiger partial charge in [-0.05, 0) is 36.8 Å².